The number of alkyl halides is 1. The van der Waals surface area contributed by atoms with Gasteiger partial charge >= 0.3 is 6.09 Å². The van der Waals surface area contributed by atoms with E-state index in [-0.39, 0.29) is 31.3 Å². The van der Waals surface area contributed by atoms with Crippen LogP contribution >= 0.6 is 11.6 Å². The van der Waals surface area contributed by atoms with Gasteiger partial charge in [0.15, 0.2) is 5.78 Å². The van der Waals surface area contributed by atoms with E-state index in [4.69, 9.17) is 16.3 Å². The molecule has 0 saturated heterocycles. The third kappa shape index (κ3) is 7.02. The summed E-state index contributed by atoms with van der Waals surface area (Å²) in [7, 11) is 0. The minimum atomic E-state index is -0.748. The third-order valence-electron chi connectivity index (χ3n) is 7.30. The second kappa shape index (κ2) is 13.3. The maximum absolute atomic E-state index is 13.2. The number of hydrogen-bond donors (Lipinski definition) is 2. The van der Waals surface area contributed by atoms with Gasteiger partial charge in [0.25, 0.3) is 0 Å². The highest BCUT2D eigenvalue weighted by molar-refractivity contribution is 6.17. The fourth-order valence-corrected chi connectivity index (χ4v) is 5.39. The summed E-state index contributed by atoms with van der Waals surface area (Å²) in [4.78, 5) is 38.6. The Morgan fingerprint density at radius 3 is 1.95 bits per heavy atom. The quantitative estimate of drug-likeness (QED) is 0.225. The molecule has 1 unspecified atom stereocenters. The molecule has 0 radical (unpaired) electrons. The summed E-state index contributed by atoms with van der Waals surface area (Å²) in [6.07, 6.45) is -0.177. The average Bonchev–Trinajstić information content (AvgIpc) is 3.33. The summed E-state index contributed by atoms with van der Waals surface area (Å²) >= 11 is 5.87. The van der Waals surface area contributed by atoms with E-state index in [2.05, 4.69) is 22.8 Å². The van der Waals surface area contributed by atoms with E-state index in [1.807, 2.05) is 91.0 Å². The monoisotopic (exact) mass is 566 g/mol. The molecule has 1 aliphatic carbocycles. The smallest absolute Gasteiger partial charge is 0.407 e. The van der Waals surface area contributed by atoms with Crippen molar-refractivity contribution in [1.29, 1.82) is 0 Å². The minimum absolute atomic E-state index is 0.0756. The molecule has 0 heterocycles. The van der Waals surface area contributed by atoms with Gasteiger partial charge in [0.1, 0.15) is 13.2 Å². The van der Waals surface area contributed by atoms with Crippen LogP contribution in [0.4, 0.5) is 4.79 Å². The number of rotatable bonds is 11. The number of hydrogen-bond acceptors (Lipinski definition) is 4. The average molecular weight is 567 g/mol. The Kier molecular flexibility index (Phi) is 9.12. The van der Waals surface area contributed by atoms with Crippen LogP contribution in [0.2, 0.25) is 0 Å². The van der Waals surface area contributed by atoms with Gasteiger partial charge < -0.3 is 15.4 Å². The van der Waals surface area contributed by atoms with Gasteiger partial charge in [-0.25, -0.2) is 4.79 Å². The molecule has 0 aromatic heterocycles. The van der Waals surface area contributed by atoms with Crippen LogP contribution in [-0.2, 0) is 33.0 Å². The van der Waals surface area contributed by atoms with Crippen LogP contribution in [0.15, 0.2) is 103 Å². The SMILES string of the molecule is O=C(CNC(=O)OCC1c2ccccc2-c2ccccc21)NC(Cc1ccccc1)C(=O)Cc1ccc(CCl)cc1. The fourth-order valence-electron chi connectivity index (χ4n) is 5.21. The number of amides is 2. The Balaban J connectivity index is 1.17. The third-order valence-corrected chi connectivity index (χ3v) is 7.61. The van der Waals surface area contributed by atoms with Crippen LogP contribution in [0.5, 0.6) is 0 Å². The normalized spacial score (nSPS) is 12.6. The first kappa shape index (κ1) is 28.1. The highest BCUT2D eigenvalue weighted by atomic mass is 35.5. The van der Waals surface area contributed by atoms with Crippen molar-refractivity contribution in [1.82, 2.24) is 10.6 Å². The standard InChI is InChI=1S/C34H31ClN2O4/c35-20-25-16-14-24(15-17-25)19-32(38)31(18-23-8-2-1-3-9-23)37-33(39)21-36-34(40)41-22-30-28-12-6-4-10-26(28)27-11-5-7-13-29(27)30/h1-17,30-31H,18-22H2,(H,36,40)(H,37,39). The van der Waals surface area contributed by atoms with Gasteiger partial charge in [0.2, 0.25) is 5.91 Å². The van der Waals surface area contributed by atoms with Gasteiger partial charge in [-0.15, -0.1) is 11.6 Å². The molecule has 1 atom stereocenters. The maximum atomic E-state index is 13.2. The molecule has 7 heteroatoms. The summed E-state index contributed by atoms with van der Waals surface area (Å²) in [5.41, 5.74) is 7.23. The van der Waals surface area contributed by atoms with E-state index >= 15 is 0 Å². The van der Waals surface area contributed by atoms with Crippen LogP contribution in [0, 0.1) is 0 Å². The van der Waals surface area contributed by atoms with Crippen molar-refractivity contribution in [3.8, 4) is 11.1 Å². The van der Waals surface area contributed by atoms with Crippen molar-refractivity contribution in [3.63, 3.8) is 0 Å². The molecule has 0 spiro atoms. The number of halogens is 1. The van der Waals surface area contributed by atoms with E-state index in [1.165, 1.54) is 0 Å². The lowest BCUT2D eigenvalue weighted by Crippen LogP contribution is -2.47. The molecule has 0 aliphatic heterocycles. The highest BCUT2D eigenvalue weighted by Crippen LogP contribution is 2.44. The summed E-state index contributed by atoms with van der Waals surface area (Å²) < 4.78 is 5.53. The topological polar surface area (TPSA) is 84.5 Å². The van der Waals surface area contributed by atoms with E-state index in [0.29, 0.717) is 12.3 Å². The second-order valence-corrected chi connectivity index (χ2v) is 10.3. The lowest BCUT2D eigenvalue weighted by molar-refractivity contribution is -0.127. The number of carbonyl (C=O) groups excluding carboxylic acids is 3. The Morgan fingerprint density at radius 1 is 0.732 bits per heavy atom. The van der Waals surface area contributed by atoms with Crippen molar-refractivity contribution in [2.24, 2.45) is 0 Å². The summed E-state index contributed by atoms with van der Waals surface area (Å²) in [5, 5.41) is 5.33. The van der Waals surface area contributed by atoms with Crippen LogP contribution in [0.3, 0.4) is 0 Å². The molecular weight excluding hydrogens is 536 g/mol. The Hall–Kier alpha value is -4.42. The minimum Gasteiger partial charge on any atom is -0.449 e. The number of Topliss-reactive ketones (excluding diaryl/α,β-unsaturated/α-hetero) is 1. The van der Waals surface area contributed by atoms with E-state index in [0.717, 1.165) is 38.9 Å². The number of benzene rings is 4. The van der Waals surface area contributed by atoms with E-state index < -0.39 is 18.0 Å². The summed E-state index contributed by atoms with van der Waals surface area (Å²) in [6, 6.07) is 32.5. The molecule has 2 N–H and O–H groups in total. The molecule has 0 fully saturated rings. The zero-order valence-corrected chi connectivity index (χ0v) is 23.3. The van der Waals surface area contributed by atoms with E-state index in [9.17, 15) is 14.4 Å². The number of carbonyl (C=O) groups is 3. The summed E-state index contributed by atoms with van der Waals surface area (Å²) in [6.45, 7) is -0.154. The molecule has 0 saturated carbocycles. The van der Waals surface area contributed by atoms with Gasteiger partial charge in [0.05, 0.1) is 6.04 Å². The van der Waals surface area contributed by atoms with Crippen molar-refractivity contribution in [2.45, 2.75) is 30.7 Å². The van der Waals surface area contributed by atoms with E-state index in [1.54, 1.807) is 0 Å². The van der Waals surface area contributed by atoms with Crippen LogP contribution in [0.25, 0.3) is 11.1 Å². The van der Waals surface area contributed by atoms with Crippen molar-refractivity contribution in [2.75, 3.05) is 13.2 Å². The molecule has 41 heavy (non-hydrogen) atoms. The molecule has 1 aliphatic rings. The first-order chi connectivity index (χ1) is 20.0. The van der Waals surface area contributed by atoms with Gasteiger partial charge in [-0.05, 0) is 45.4 Å². The molecule has 208 valence electrons. The van der Waals surface area contributed by atoms with Gasteiger partial charge in [-0.2, -0.15) is 0 Å². The van der Waals surface area contributed by atoms with Gasteiger partial charge in [0, 0.05) is 18.2 Å². The zero-order chi connectivity index (χ0) is 28.6. The van der Waals surface area contributed by atoms with Crippen LogP contribution in [0.1, 0.15) is 33.7 Å². The molecule has 5 rings (SSSR count). The highest BCUT2D eigenvalue weighted by Gasteiger charge is 2.29. The van der Waals surface area contributed by atoms with Crippen molar-refractivity contribution in [3.05, 3.63) is 131 Å². The second-order valence-electron chi connectivity index (χ2n) is 10.1. The number of fused-ring (bicyclic) bond motifs is 3. The number of ether oxygens (including phenoxy) is 1. The fraction of sp³-hybridized carbons (Fsp3) is 0.206. The van der Waals surface area contributed by atoms with Crippen LogP contribution < -0.4 is 10.6 Å². The Labute approximate surface area is 244 Å². The summed E-state index contributed by atoms with van der Waals surface area (Å²) in [5.74, 6) is -0.266. The molecule has 6 nitrogen and oxygen atoms in total. The predicted octanol–water partition coefficient (Wildman–Crippen LogP) is 5.80. The number of ketones is 1. The first-order valence-electron chi connectivity index (χ1n) is 13.6. The van der Waals surface area contributed by atoms with Crippen molar-refractivity contribution >= 4 is 29.4 Å². The van der Waals surface area contributed by atoms with Crippen LogP contribution in [-0.4, -0.2) is 37.0 Å². The lowest BCUT2D eigenvalue weighted by atomic mass is 9.97. The Bertz CT molecular complexity index is 1480. The number of nitrogens with one attached hydrogen (secondary N) is 2. The number of alkyl carbamates (subject to hydrolysis) is 1. The predicted molar refractivity (Wildman–Crippen MR) is 160 cm³/mol. The molecule has 2 amide bonds. The lowest BCUT2D eigenvalue weighted by Gasteiger charge is -2.19. The molecule has 0 bridgehead atoms. The van der Waals surface area contributed by atoms with Crippen molar-refractivity contribution < 1.29 is 19.1 Å². The molecule has 4 aromatic rings. The molecule has 4 aromatic carbocycles. The first-order valence-corrected chi connectivity index (χ1v) is 14.1. The van der Waals surface area contributed by atoms with Gasteiger partial charge in [-0.1, -0.05) is 103 Å². The molecular formula is C34H31ClN2O4. The van der Waals surface area contributed by atoms with Gasteiger partial charge in [-0.3, -0.25) is 9.59 Å². The Morgan fingerprint density at radius 2 is 1.32 bits per heavy atom. The zero-order valence-electron chi connectivity index (χ0n) is 22.5. The maximum Gasteiger partial charge on any atom is 0.407 e. The largest absolute Gasteiger partial charge is 0.449 e.